The Labute approximate surface area is 193 Å². The Kier molecular flexibility index (Phi) is 4.80. The van der Waals surface area contributed by atoms with E-state index in [1.807, 2.05) is 0 Å². The summed E-state index contributed by atoms with van der Waals surface area (Å²) in [5, 5.41) is 10.9. The molecular formula is C30H52O. The summed E-state index contributed by atoms with van der Waals surface area (Å²) in [5.41, 5.74) is 2.64. The van der Waals surface area contributed by atoms with Crippen molar-refractivity contribution in [2.75, 3.05) is 0 Å². The number of hydrogen-bond acceptors (Lipinski definition) is 1. The molecule has 0 spiro atoms. The second-order valence-electron chi connectivity index (χ2n) is 15.7. The molecule has 0 amide bonds. The van der Waals surface area contributed by atoms with Crippen molar-refractivity contribution in [2.45, 2.75) is 132 Å². The highest BCUT2D eigenvalue weighted by atomic mass is 16.3. The van der Waals surface area contributed by atoms with Gasteiger partial charge in [0, 0.05) is 0 Å². The molecule has 1 nitrogen and oxygen atoms in total. The van der Waals surface area contributed by atoms with Gasteiger partial charge in [-0.05, 0) is 127 Å². The molecule has 9 atom stereocenters. The number of rotatable bonds is 0. The van der Waals surface area contributed by atoms with E-state index in [0.29, 0.717) is 33.0 Å². The number of aliphatic hydroxyl groups excluding tert-OH is 1. The van der Waals surface area contributed by atoms with Crippen LogP contribution in [0.3, 0.4) is 0 Å². The van der Waals surface area contributed by atoms with E-state index in [2.05, 4.69) is 55.4 Å². The highest BCUT2D eigenvalue weighted by Crippen LogP contribution is 2.76. The molecule has 0 heterocycles. The maximum atomic E-state index is 10.9. The van der Waals surface area contributed by atoms with E-state index < -0.39 is 0 Å². The van der Waals surface area contributed by atoms with Crippen LogP contribution in [0.4, 0.5) is 0 Å². The zero-order valence-electron chi connectivity index (χ0n) is 22.1. The SMILES string of the molecule is CC1(C)CC[C@]2(C)CC[C@H]3[C@]4(C)CC[C@H]5C(C)(C)[C@H](O)CC[C@]5(C)[C@H]4CC[C@@]3(C)[C@@H]2C1. The van der Waals surface area contributed by atoms with Gasteiger partial charge in [0.1, 0.15) is 0 Å². The zero-order chi connectivity index (χ0) is 22.7. The van der Waals surface area contributed by atoms with Gasteiger partial charge in [0.2, 0.25) is 0 Å². The summed E-state index contributed by atoms with van der Waals surface area (Å²) in [6, 6.07) is 0. The molecule has 5 rings (SSSR count). The first kappa shape index (κ1) is 22.7. The van der Waals surface area contributed by atoms with Crippen molar-refractivity contribution in [1.29, 1.82) is 0 Å². The van der Waals surface area contributed by atoms with Crippen molar-refractivity contribution >= 4 is 0 Å². The summed E-state index contributed by atoms with van der Waals surface area (Å²) >= 11 is 0. The van der Waals surface area contributed by atoms with Crippen LogP contribution in [0.25, 0.3) is 0 Å². The van der Waals surface area contributed by atoms with Crippen LogP contribution < -0.4 is 0 Å². The van der Waals surface area contributed by atoms with Crippen LogP contribution >= 0.6 is 0 Å². The zero-order valence-corrected chi connectivity index (χ0v) is 22.1. The Morgan fingerprint density at radius 2 is 1.00 bits per heavy atom. The summed E-state index contributed by atoms with van der Waals surface area (Å²) in [4.78, 5) is 0. The molecule has 0 aromatic heterocycles. The van der Waals surface area contributed by atoms with Crippen molar-refractivity contribution < 1.29 is 5.11 Å². The molecule has 5 aliphatic carbocycles. The van der Waals surface area contributed by atoms with Gasteiger partial charge in [-0.2, -0.15) is 0 Å². The van der Waals surface area contributed by atoms with E-state index in [1.54, 1.807) is 0 Å². The summed E-state index contributed by atoms with van der Waals surface area (Å²) in [7, 11) is 0. The van der Waals surface area contributed by atoms with Crippen LogP contribution in [0.1, 0.15) is 126 Å². The molecule has 5 fully saturated rings. The first-order chi connectivity index (χ1) is 14.2. The Morgan fingerprint density at radius 1 is 0.516 bits per heavy atom. The molecular weight excluding hydrogens is 376 g/mol. The molecule has 0 unspecified atom stereocenters. The van der Waals surface area contributed by atoms with Crippen LogP contribution in [-0.2, 0) is 0 Å². The van der Waals surface area contributed by atoms with Crippen molar-refractivity contribution in [2.24, 2.45) is 56.2 Å². The van der Waals surface area contributed by atoms with E-state index >= 15 is 0 Å². The molecule has 178 valence electrons. The van der Waals surface area contributed by atoms with Gasteiger partial charge in [-0.25, -0.2) is 0 Å². The van der Waals surface area contributed by atoms with Crippen molar-refractivity contribution in [3.63, 3.8) is 0 Å². The summed E-state index contributed by atoms with van der Waals surface area (Å²) in [5.74, 6) is 3.35. The maximum Gasteiger partial charge on any atom is 0.0594 e. The van der Waals surface area contributed by atoms with Gasteiger partial charge in [-0.3, -0.25) is 0 Å². The van der Waals surface area contributed by atoms with Gasteiger partial charge in [-0.15, -0.1) is 0 Å². The molecule has 1 heteroatoms. The minimum Gasteiger partial charge on any atom is -0.393 e. The van der Waals surface area contributed by atoms with Gasteiger partial charge in [0.15, 0.2) is 0 Å². The van der Waals surface area contributed by atoms with Crippen molar-refractivity contribution in [3.8, 4) is 0 Å². The molecule has 1 N–H and O–H groups in total. The van der Waals surface area contributed by atoms with Gasteiger partial charge in [-0.1, -0.05) is 55.4 Å². The Bertz CT molecular complexity index is 737. The van der Waals surface area contributed by atoms with E-state index in [9.17, 15) is 5.11 Å². The molecule has 0 saturated heterocycles. The van der Waals surface area contributed by atoms with Gasteiger partial charge in [0.05, 0.1) is 6.10 Å². The maximum absolute atomic E-state index is 10.9. The highest BCUT2D eigenvalue weighted by molar-refractivity contribution is 5.17. The van der Waals surface area contributed by atoms with E-state index in [0.717, 1.165) is 24.2 Å². The fourth-order valence-corrected chi connectivity index (χ4v) is 11.6. The minimum absolute atomic E-state index is 0.0770. The molecule has 0 aromatic carbocycles. The monoisotopic (exact) mass is 428 g/mol. The van der Waals surface area contributed by atoms with Crippen LogP contribution in [0.5, 0.6) is 0 Å². The molecule has 5 saturated carbocycles. The fraction of sp³-hybridized carbons (Fsp3) is 1.00. The second-order valence-corrected chi connectivity index (χ2v) is 15.7. The predicted molar refractivity (Wildman–Crippen MR) is 131 cm³/mol. The van der Waals surface area contributed by atoms with E-state index in [4.69, 9.17) is 0 Å². The highest BCUT2D eigenvalue weighted by Gasteiger charge is 2.68. The molecule has 0 aliphatic heterocycles. The largest absolute Gasteiger partial charge is 0.393 e. The summed E-state index contributed by atoms with van der Waals surface area (Å²) in [6.07, 6.45) is 15.1. The lowest BCUT2D eigenvalue weighted by molar-refractivity contribution is -0.244. The molecule has 5 aliphatic rings. The van der Waals surface area contributed by atoms with Gasteiger partial charge < -0.3 is 5.11 Å². The average Bonchev–Trinajstić information content (AvgIpc) is 2.66. The Hall–Kier alpha value is -0.0400. The van der Waals surface area contributed by atoms with Crippen LogP contribution in [-0.4, -0.2) is 11.2 Å². The van der Waals surface area contributed by atoms with E-state index in [-0.39, 0.29) is 11.5 Å². The van der Waals surface area contributed by atoms with Gasteiger partial charge in [0.25, 0.3) is 0 Å². The van der Waals surface area contributed by atoms with Crippen LogP contribution in [0, 0.1) is 56.2 Å². The van der Waals surface area contributed by atoms with Crippen molar-refractivity contribution in [1.82, 2.24) is 0 Å². The summed E-state index contributed by atoms with van der Waals surface area (Å²) < 4.78 is 0. The molecule has 31 heavy (non-hydrogen) atoms. The third-order valence-electron chi connectivity index (χ3n) is 13.4. The van der Waals surface area contributed by atoms with Crippen molar-refractivity contribution in [3.05, 3.63) is 0 Å². The first-order valence-electron chi connectivity index (χ1n) is 13.9. The quantitative estimate of drug-likeness (QED) is 0.412. The smallest absolute Gasteiger partial charge is 0.0594 e. The Morgan fingerprint density at radius 3 is 1.65 bits per heavy atom. The standard InChI is InChI=1S/C30H52O/c1-25(2)17-18-27(5)13-9-21-29(7)14-10-20-26(3,4)24(31)12-16-28(20,6)22(29)11-15-30(21,8)23(27)19-25/h20-24,31H,9-19H2,1-8H3/t20-,21-,22+,23+,24+,27-,28-,29-,30+/m0/s1. The lowest BCUT2D eigenvalue weighted by atomic mass is 9.32. The molecule has 0 radical (unpaired) electrons. The lowest BCUT2D eigenvalue weighted by Gasteiger charge is -2.73. The molecule has 0 aromatic rings. The predicted octanol–water partition coefficient (Wildman–Crippen LogP) is 8.25. The third kappa shape index (κ3) is 2.89. The number of aliphatic hydroxyl groups is 1. The number of hydrogen-bond donors (Lipinski definition) is 1. The van der Waals surface area contributed by atoms with Gasteiger partial charge >= 0.3 is 0 Å². The van der Waals surface area contributed by atoms with Crippen LogP contribution in [0.2, 0.25) is 0 Å². The number of fused-ring (bicyclic) bond motifs is 7. The third-order valence-corrected chi connectivity index (χ3v) is 13.4. The Balaban J connectivity index is 1.52. The topological polar surface area (TPSA) is 20.2 Å². The summed E-state index contributed by atoms with van der Waals surface area (Å²) in [6.45, 7) is 20.7. The second kappa shape index (κ2) is 6.55. The average molecular weight is 429 g/mol. The fourth-order valence-electron chi connectivity index (χ4n) is 11.6. The van der Waals surface area contributed by atoms with E-state index in [1.165, 1.54) is 64.2 Å². The molecule has 0 bridgehead atoms. The lowest BCUT2D eigenvalue weighted by Crippen LogP contribution is -2.66. The minimum atomic E-state index is -0.108. The normalized spacial score (nSPS) is 57.8. The first-order valence-corrected chi connectivity index (χ1v) is 13.9. The van der Waals surface area contributed by atoms with Crippen LogP contribution in [0.15, 0.2) is 0 Å².